The van der Waals surface area contributed by atoms with Crippen LogP contribution in [0.1, 0.15) is 37.7 Å². The molecule has 3 atom stereocenters. The van der Waals surface area contributed by atoms with Gasteiger partial charge in [-0.3, -0.25) is 14.5 Å². The number of fused-ring (bicyclic) bond motifs is 2. The molecule has 0 radical (unpaired) electrons. The summed E-state index contributed by atoms with van der Waals surface area (Å²) in [5, 5.41) is 2.72. The molecule has 26 heavy (non-hydrogen) atoms. The van der Waals surface area contributed by atoms with Crippen molar-refractivity contribution in [2.45, 2.75) is 44.2 Å². The Labute approximate surface area is 153 Å². The Morgan fingerprint density at radius 1 is 1.15 bits per heavy atom. The Bertz CT molecular complexity index is 685. The van der Waals surface area contributed by atoms with Crippen molar-refractivity contribution < 1.29 is 14.0 Å². The lowest BCUT2D eigenvalue weighted by Gasteiger charge is -2.51. The molecule has 0 saturated carbocycles. The molecular formula is C20H26FN3O2. The van der Waals surface area contributed by atoms with E-state index in [4.69, 9.17) is 0 Å². The van der Waals surface area contributed by atoms with Crippen molar-refractivity contribution in [3.8, 4) is 0 Å². The Morgan fingerprint density at radius 2 is 1.85 bits per heavy atom. The quantitative estimate of drug-likeness (QED) is 0.891. The van der Waals surface area contributed by atoms with Gasteiger partial charge < -0.3 is 10.2 Å². The van der Waals surface area contributed by atoms with Crippen LogP contribution in [0.3, 0.4) is 0 Å². The van der Waals surface area contributed by atoms with E-state index in [-0.39, 0.29) is 29.6 Å². The first-order valence-electron chi connectivity index (χ1n) is 9.58. The highest BCUT2D eigenvalue weighted by Gasteiger charge is 2.54. The standard InChI is InChI=1S/C20H26FN3O2/c1-13(25)22-9-6-18(26)24-12-17(14-2-4-16(21)5-3-14)20-19(24)15-7-10-23(20)11-8-15/h2-5,15,17,19-20H,6-12H2,1H3,(H,22,25). The van der Waals surface area contributed by atoms with Gasteiger partial charge in [0.1, 0.15) is 5.82 Å². The Morgan fingerprint density at radius 3 is 2.50 bits per heavy atom. The van der Waals surface area contributed by atoms with E-state index >= 15 is 0 Å². The van der Waals surface area contributed by atoms with E-state index in [2.05, 4.69) is 15.1 Å². The van der Waals surface area contributed by atoms with Gasteiger partial charge in [-0.1, -0.05) is 12.1 Å². The zero-order chi connectivity index (χ0) is 18.3. The molecule has 1 aromatic carbocycles. The maximum atomic E-state index is 13.4. The number of carbonyl (C=O) groups is 2. The average molecular weight is 359 g/mol. The summed E-state index contributed by atoms with van der Waals surface area (Å²) in [7, 11) is 0. The largest absolute Gasteiger partial charge is 0.356 e. The van der Waals surface area contributed by atoms with Crippen LogP contribution in [0, 0.1) is 11.7 Å². The second-order valence-electron chi connectivity index (χ2n) is 7.79. The summed E-state index contributed by atoms with van der Waals surface area (Å²) in [4.78, 5) is 28.5. The second kappa shape index (κ2) is 6.99. The number of rotatable bonds is 4. The van der Waals surface area contributed by atoms with Crippen LogP contribution >= 0.6 is 0 Å². The summed E-state index contributed by atoms with van der Waals surface area (Å²) in [6.45, 7) is 4.73. The molecule has 1 N–H and O–H groups in total. The van der Waals surface area contributed by atoms with Gasteiger partial charge >= 0.3 is 0 Å². The van der Waals surface area contributed by atoms with E-state index in [1.54, 1.807) is 0 Å². The molecule has 4 heterocycles. The maximum absolute atomic E-state index is 13.4. The van der Waals surface area contributed by atoms with Gasteiger partial charge in [-0.05, 0) is 49.5 Å². The van der Waals surface area contributed by atoms with E-state index in [9.17, 15) is 14.0 Å². The van der Waals surface area contributed by atoms with E-state index in [0.717, 1.165) is 31.5 Å². The second-order valence-corrected chi connectivity index (χ2v) is 7.79. The minimum Gasteiger partial charge on any atom is -0.356 e. The van der Waals surface area contributed by atoms with Crippen LogP contribution in [-0.4, -0.2) is 59.9 Å². The molecule has 0 aliphatic carbocycles. The van der Waals surface area contributed by atoms with Crippen molar-refractivity contribution in [1.82, 2.24) is 15.1 Å². The number of hydrogen-bond acceptors (Lipinski definition) is 3. The van der Waals surface area contributed by atoms with Crippen molar-refractivity contribution in [1.29, 1.82) is 0 Å². The monoisotopic (exact) mass is 359 g/mol. The summed E-state index contributed by atoms with van der Waals surface area (Å²) in [6, 6.07) is 7.34. The number of hydrogen-bond donors (Lipinski definition) is 1. The molecule has 4 fully saturated rings. The van der Waals surface area contributed by atoms with Crippen molar-refractivity contribution in [2.75, 3.05) is 26.2 Å². The number of nitrogens with zero attached hydrogens (tertiary/aromatic N) is 2. The predicted molar refractivity (Wildman–Crippen MR) is 96.0 cm³/mol. The number of benzene rings is 1. The molecule has 3 unspecified atom stereocenters. The van der Waals surface area contributed by atoms with Crippen LogP contribution in [0.4, 0.5) is 4.39 Å². The van der Waals surface area contributed by atoms with Crippen LogP contribution in [0.15, 0.2) is 24.3 Å². The van der Waals surface area contributed by atoms with Gasteiger partial charge in [0.25, 0.3) is 0 Å². The number of halogens is 1. The molecule has 0 spiro atoms. The summed E-state index contributed by atoms with van der Waals surface area (Å²) >= 11 is 0. The molecule has 2 amide bonds. The topological polar surface area (TPSA) is 52.7 Å². The fourth-order valence-electron chi connectivity index (χ4n) is 5.20. The summed E-state index contributed by atoms with van der Waals surface area (Å²) in [5.74, 6) is 0.571. The molecule has 5 rings (SSSR count). The molecule has 6 heteroatoms. The van der Waals surface area contributed by atoms with E-state index in [0.29, 0.717) is 31.5 Å². The van der Waals surface area contributed by atoms with E-state index in [1.807, 2.05) is 12.1 Å². The van der Waals surface area contributed by atoms with Gasteiger partial charge in [0, 0.05) is 38.4 Å². The first-order chi connectivity index (χ1) is 12.5. The summed E-state index contributed by atoms with van der Waals surface area (Å²) < 4.78 is 13.4. The predicted octanol–water partition coefficient (Wildman–Crippen LogP) is 1.74. The van der Waals surface area contributed by atoms with Gasteiger partial charge in [0.2, 0.25) is 11.8 Å². The summed E-state index contributed by atoms with van der Waals surface area (Å²) in [6.07, 6.45) is 2.63. The van der Waals surface area contributed by atoms with Crippen LogP contribution in [0.25, 0.3) is 0 Å². The SMILES string of the molecule is CC(=O)NCCC(=O)N1CC(c2ccc(F)cc2)C2C1C1CCN2CC1. The lowest BCUT2D eigenvalue weighted by molar-refractivity contribution is -0.135. The number of carbonyl (C=O) groups excluding carboxylic acids is 2. The highest BCUT2D eigenvalue weighted by Crippen LogP contribution is 2.46. The molecule has 5 nitrogen and oxygen atoms in total. The molecule has 140 valence electrons. The first-order valence-corrected chi connectivity index (χ1v) is 9.58. The zero-order valence-corrected chi connectivity index (χ0v) is 15.2. The third-order valence-corrected chi connectivity index (χ3v) is 6.33. The number of likely N-dealkylation sites (tertiary alicyclic amines) is 1. The molecule has 2 bridgehead atoms. The number of nitrogens with one attached hydrogen (secondary N) is 1. The van der Waals surface area contributed by atoms with Crippen LogP contribution < -0.4 is 5.32 Å². The average Bonchev–Trinajstić information content (AvgIpc) is 3.06. The Kier molecular flexibility index (Phi) is 4.69. The Balaban J connectivity index is 1.56. The molecule has 4 aliphatic rings. The van der Waals surface area contributed by atoms with Crippen molar-refractivity contribution in [3.63, 3.8) is 0 Å². The molecule has 4 aliphatic heterocycles. The third kappa shape index (κ3) is 3.11. The zero-order valence-electron chi connectivity index (χ0n) is 15.2. The van der Waals surface area contributed by atoms with Gasteiger partial charge in [0.15, 0.2) is 0 Å². The number of piperidine rings is 3. The van der Waals surface area contributed by atoms with Gasteiger partial charge in [-0.25, -0.2) is 4.39 Å². The lowest BCUT2D eigenvalue weighted by Crippen LogP contribution is -2.60. The van der Waals surface area contributed by atoms with Gasteiger partial charge in [0.05, 0.1) is 6.04 Å². The summed E-state index contributed by atoms with van der Waals surface area (Å²) in [5.41, 5.74) is 1.12. The van der Waals surface area contributed by atoms with E-state index < -0.39 is 0 Å². The molecular weight excluding hydrogens is 333 g/mol. The minimum atomic E-state index is -0.225. The third-order valence-electron chi connectivity index (χ3n) is 6.33. The van der Waals surface area contributed by atoms with Crippen LogP contribution in [0.2, 0.25) is 0 Å². The molecule has 4 saturated heterocycles. The lowest BCUT2D eigenvalue weighted by atomic mass is 9.75. The number of amides is 2. The fraction of sp³-hybridized carbons (Fsp3) is 0.600. The van der Waals surface area contributed by atoms with E-state index in [1.165, 1.54) is 19.1 Å². The van der Waals surface area contributed by atoms with Gasteiger partial charge in [-0.15, -0.1) is 0 Å². The maximum Gasteiger partial charge on any atom is 0.224 e. The fourth-order valence-corrected chi connectivity index (χ4v) is 5.20. The Hall–Kier alpha value is -1.95. The van der Waals surface area contributed by atoms with Gasteiger partial charge in [-0.2, -0.15) is 0 Å². The highest BCUT2D eigenvalue weighted by molar-refractivity contribution is 5.79. The molecule has 0 aromatic heterocycles. The molecule has 1 aromatic rings. The first kappa shape index (κ1) is 17.5. The van der Waals surface area contributed by atoms with Crippen molar-refractivity contribution in [3.05, 3.63) is 35.6 Å². The van der Waals surface area contributed by atoms with Crippen LogP contribution in [-0.2, 0) is 9.59 Å². The van der Waals surface area contributed by atoms with Crippen LogP contribution in [0.5, 0.6) is 0 Å². The minimum absolute atomic E-state index is 0.107. The smallest absolute Gasteiger partial charge is 0.224 e. The van der Waals surface area contributed by atoms with Crippen molar-refractivity contribution in [2.24, 2.45) is 5.92 Å². The normalized spacial score (nSPS) is 32.4. The van der Waals surface area contributed by atoms with Crippen molar-refractivity contribution >= 4 is 11.8 Å². The highest BCUT2D eigenvalue weighted by atomic mass is 19.1.